The molecular formula is C30H26N4O6. The number of carbonyl (C=O) groups excluding carboxylic acids is 2. The number of carboxylic acids is 2. The van der Waals surface area contributed by atoms with E-state index in [0.717, 1.165) is 32.9 Å². The third kappa shape index (κ3) is 5.56. The van der Waals surface area contributed by atoms with Gasteiger partial charge in [-0.15, -0.1) is 0 Å². The zero-order valence-electron chi connectivity index (χ0n) is 21.2. The number of aromatic amines is 2. The highest BCUT2D eigenvalue weighted by Gasteiger charge is 2.25. The molecule has 10 nitrogen and oxygen atoms in total. The Kier molecular flexibility index (Phi) is 7.32. The second kappa shape index (κ2) is 11.2. The lowest BCUT2D eigenvalue weighted by atomic mass is 10.0. The molecule has 0 aliphatic rings. The molecule has 2 aromatic heterocycles. The predicted molar refractivity (Wildman–Crippen MR) is 148 cm³/mol. The Hall–Kier alpha value is -5.38. The van der Waals surface area contributed by atoms with Gasteiger partial charge in [-0.25, -0.2) is 9.59 Å². The summed E-state index contributed by atoms with van der Waals surface area (Å²) in [5.74, 6) is -3.74. The molecule has 10 heteroatoms. The quantitative estimate of drug-likeness (QED) is 0.159. The summed E-state index contributed by atoms with van der Waals surface area (Å²) < 4.78 is 0. The van der Waals surface area contributed by atoms with E-state index in [0.29, 0.717) is 0 Å². The van der Waals surface area contributed by atoms with E-state index in [-0.39, 0.29) is 24.0 Å². The van der Waals surface area contributed by atoms with Crippen molar-refractivity contribution in [1.82, 2.24) is 20.6 Å². The minimum absolute atomic E-state index is 0.0550. The molecule has 0 aliphatic carbocycles. The van der Waals surface area contributed by atoms with Crippen LogP contribution in [0.15, 0.2) is 85.2 Å². The number of carboxylic acid groups (broad SMARTS) is 2. The Balaban J connectivity index is 1.28. The molecule has 3 aromatic carbocycles. The lowest BCUT2D eigenvalue weighted by Gasteiger charge is -2.16. The zero-order valence-corrected chi connectivity index (χ0v) is 21.2. The monoisotopic (exact) mass is 538 g/mol. The van der Waals surface area contributed by atoms with Crippen LogP contribution in [0.3, 0.4) is 0 Å². The van der Waals surface area contributed by atoms with E-state index in [1.165, 1.54) is 24.3 Å². The van der Waals surface area contributed by atoms with Crippen molar-refractivity contribution >= 4 is 45.6 Å². The van der Waals surface area contributed by atoms with Crippen LogP contribution in [-0.2, 0) is 22.4 Å². The first kappa shape index (κ1) is 26.2. The molecule has 0 aliphatic heterocycles. The summed E-state index contributed by atoms with van der Waals surface area (Å²) in [6, 6.07) is 18.2. The molecule has 6 N–H and O–H groups in total. The van der Waals surface area contributed by atoms with Gasteiger partial charge in [0.05, 0.1) is 0 Å². The van der Waals surface area contributed by atoms with Gasteiger partial charge < -0.3 is 30.8 Å². The topological polar surface area (TPSA) is 164 Å². The van der Waals surface area contributed by atoms with Gasteiger partial charge in [0.1, 0.15) is 12.1 Å². The summed E-state index contributed by atoms with van der Waals surface area (Å²) in [5, 5.41) is 26.3. The molecule has 40 heavy (non-hydrogen) atoms. The van der Waals surface area contributed by atoms with Gasteiger partial charge in [-0.2, -0.15) is 0 Å². The molecule has 2 amide bonds. The summed E-state index contributed by atoms with van der Waals surface area (Å²) in [7, 11) is 0. The van der Waals surface area contributed by atoms with E-state index >= 15 is 0 Å². The van der Waals surface area contributed by atoms with Crippen molar-refractivity contribution in [2.24, 2.45) is 0 Å². The molecule has 5 aromatic rings. The Morgan fingerprint density at radius 1 is 0.625 bits per heavy atom. The maximum Gasteiger partial charge on any atom is 0.326 e. The van der Waals surface area contributed by atoms with Crippen LogP contribution in [0.5, 0.6) is 0 Å². The second-order valence-corrected chi connectivity index (χ2v) is 9.44. The van der Waals surface area contributed by atoms with Crippen molar-refractivity contribution in [3.05, 3.63) is 107 Å². The highest BCUT2D eigenvalue weighted by molar-refractivity contribution is 6.02. The van der Waals surface area contributed by atoms with Crippen molar-refractivity contribution in [2.45, 2.75) is 24.9 Å². The summed E-state index contributed by atoms with van der Waals surface area (Å²) in [5.41, 5.74) is 3.34. The zero-order chi connectivity index (χ0) is 28.2. The van der Waals surface area contributed by atoms with Crippen LogP contribution in [0.4, 0.5) is 0 Å². The van der Waals surface area contributed by atoms with Crippen LogP contribution in [0, 0.1) is 0 Å². The SMILES string of the molecule is O=C(N[C@@H](Cc1c[nH]c2ccccc12)C(=O)O)c1cccc(C(=O)N[C@H](Cc2c[nH]c3ccccc23)C(=O)O)c1. The number of para-hydroxylation sites is 2. The van der Waals surface area contributed by atoms with Gasteiger partial charge >= 0.3 is 11.9 Å². The van der Waals surface area contributed by atoms with Gasteiger partial charge in [0.25, 0.3) is 11.8 Å². The van der Waals surface area contributed by atoms with Gasteiger partial charge in [0.2, 0.25) is 0 Å². The molecule has 202 valence electrons. The van der Waals surface area contributed by atoms with Crippen LogP contribution in [0.25, 0.3) is 21.8 Å². The lowest BCUT2D eigenvalue weighted by Crippen LogP contribution is -2.43. The highest BCUT2D eigenvalue weighted by Crippen LogP contribution is 2.21. The van der Waals surface area contributed by atoms with E-state index in [2.05, 4.69) is 20.6 Å². The van der Waals surface area contributed by atoms with Gasteiger partial charge in [-0.3, -0.25) is 9.59 Å². The largest absolute Gasteiger partial charge is 0.480 e. The van der Waals surface area contributed by atoms with Crippen molar-refractivity contribution < 1.29 is 29.4 Å². The number of carbonyl (C=O) groups is 4. The molecule has 2 atom stereocenters. The number of aliphatic carboxylic acids is 2. The van der Waals surface area contributed by atoms with Gasteiger partial charge in [0, 0.05) is 58.2 Å². The van der Waals surface area contributed by atoms with Crippen molar-refractivity contribution in [1.29, 1.82) is 0 Å². The molecule has 2 heterocycles. The average Bonchev–Trinajstić information content (AvgIpc) is 3.56. The molecule has 0 radical (unpaired) electrons. The highest BCUT2D eigenvalue weighted by atomic mass is 16.4. The van der Waals surface area contributed by atoms with Crippen molar-refractivity contribution in [2.75, 3.05) is 0 Å². The fourth-order valence-corrected chi connectivity index (χ4v) is 4.73. The van der Waals surface area contributed by atoms with Crippen molar-refractivity contribution in [3.8, 4) is 0 Å². The molecule has 0 unspecified atom stereocenters. The molecule has 0 spiro atoms. The van der Waals surface area contributed by atoms with Crippen LogP contribution >= 0.6 is 0 Å². The third-order valence-corrected chi connectivity index (χ3v) is 6.79. The molecule has 0 saturated heterocycles. The van der Waals surface area contributed by atoms with E-state index in [9.17, 15) is 29.4 Å². The maximum absolute atomic E-state index is 13.0. The average molecular weight is 539 g/mol. The minimum Gasteiger partial charge on any atom is -0.480 e. The fraction of sp³-hybridized carbons (Fsp3) is 0.133. The van der Waals surface area contributed by atoms with Gasteiger partial charge in [-0.05, 0) is 41.5 Å². The summed E-state index contributed by atoms with van der Waals surface area (Å²) >= 11 is 0. The third-order valence-electron chi connectivity index (χ3n) is 6.79. The molecule has 0 bridgehead atoms. The number of aromatic nitrogens is 2. The summed E-state index contributed by atoms with van der Waals surface area (Å²) in [4.78, 5) is 56.1. The Morgan fingerprint density at radius 3 is 1.48 bits per heavy atom. The smallest absolute Gasteiger partial charge is 0.326 e. The molecule has 5 rings (SSSR count). The van der Waals surface area contributed by atoms with Crippen LogP contribution in [0.1, 0.15) is 31.8 Å². The fourth-order valence-electron chi connectivity index (χ4n) is 4.73. The number of H-pyrrole nitrogens is 2. The van der Waals surface area contributed by atoms with E-state index in [4.69, 9.17) is 0 Å². The molecule has 0 fully saturated rings. The predicted octanol–water partition coefficient (Wildman–Crippen LogP) is 3.50. The van der Waals surface area contributed by atoms with Crippen molar-refractivity contribution in [3.63, 3.8) is 0 Å². The number of hydrogen-bond donors (Lipinski definition) is 6. The lowest BCUT2D eigenvalue weighted by molar-refractivity contribution is -0.140. The van der Waals surface area contributed by atoms with Gasteiger partial charge in [-0.1, -0.05) is 42.5 Å². The van der Waals surface area contributed by atoms with E-state index in [1.54, 1.807) is 12.4 Å². The Bertz CT molecular complexity index is 1610. The Labute approximate surface area is 228 Å². The molecular weight excluding hydrogens is 512 g/mol. The first-order chi connectivity index (χ1) is 19.3. The second-order valence-electron chi connectivity index (χ2n) is 9.44. The standard InChI is InChI=1S/C30H26N4O6/c35-27(33-25(29(37)38)13-19-15-31-23-10-3-1-8-21(19)23)17-6-5-7-18(12-17)28(36)34-26(30(39)40)14-20-16-32-24-11-4-2-9-22(20)24/h1-12,15-16,25-26,31-32H,13-14H2,(H,33,35)(H,34,36)(H,37,38)(H,39,40)/t25-,26+. The molecule has 0 saturated carbocycles. The van der Waals surface area contributed by atoms with Crippen LogP contribution in [-0.4, -0.2) is 56.0 Å². The van der Waals surface area contributed by atoms with Crippen LogP contribution in [0.2, 0.25) is 0 Å². The normalized spacial score (nSPS) is 12.6. The minimum atomic E-state index is -1.21. The number of amides is 2. The number of hydrogen-bond acceptors (Lipinski definition) is 4. The van der Waals surface area contributed by atoms with Gasteiger partial charge in [0.15, 0.2) is 0 Å². The first-order valence-electron chi connectivity index (χ1n) is 12.6. The number of fused-ring (bicyclic) bond motifs is 2. The number of nitrogens with one attached hydrogen (secondary N) is 4. The Morgan fingerprint density at radius 2 is 1.05 bits per heavy atom. The number of benzene rings is 3. The summed E-state index contributed by atoms with van der Waals surface area (Å²) in [6.07, 6.45) is 3.54. The maximum atomic E-state index is 13.0. The summed E-state index contributed by atoms with van der Waals surface area (Å²) in [6.45, 7) is 0. The van der Waals surface area contributed by atoms with Crippen LogP contribution < -0.4 is 10.6 Å². The number of rotatable bonds is 10. The van der Waals surface area contributed by atoms with E-state index in [1.807, 2.05) is 48.5 Å². The first-order valence-corrected chi connectivity index (χ1v) is 12.6. The van der Waals surface area contributed by atoms with E-state index < -0.39 is 35.8 Å².